The maximum absolute atomic E-state index is 13.9. The summed E-state index contributed by atoms with van der Waals surface area (Å²) >= 11 is 0. The second kappa shape index (κ2) is 4.76. The van der Waals surface area contributed by atoms with Gasteiger partial charge in [0.15, 0.2) is 11.5 Å². The molecule has 0 atom stereocenters. The minimum Gasteiger partial charge on any atom is -0.357 e. The van der Waals surface area contributed by atoms with E-state index in [1.54, 1.807) is 13.1 Å². The molecule has 2 heterocycles. The topological polar surface area (TPSA) is 78.5 Å². The third-order valence-electron chi connectivity index (χ3n) is 2.89. The van der Waals surface area contributed by atoms with Crippen molar-refractivity contribution < 1.29 is 4.39 Å². The van der Waals surface area contributed by atoms with Crippen molar-refractivity contribution in [2.45, 2.75) is 6.92 Å². The molecule has 0 spiro atoms. The van der Waals surface area contributed by atoms with Crippen molar-refractivity contribution in [1.29, 1.82) is 0 Å². The molecule has 3 rings (SSSR count). The zero-order chi connectivity index (χ0) is 14.1. The molecule has 0 unspecified atom stereocenters. The van der Waals surface area contributed by atoms with E-state index in [-0.39, 0.29) is 5.82 Å². The number of nitrogens with one attached hydrogen (secondary N) is 3. The lowest BCUT2D eigenvalue weighted by Crippen LogP contribution is -2.03. The number of H-pyrrole nitrogens is 1. The molecule has 0 radical (unpaired) electrons. The summed E-state index contributed by atoms with van der Waals surface area (Å²) in [5.41, 5.74) is 2.36. The monoisotopic (exact) mass is 272 g/mol. The van der Waals surface area contributed by atoms with E-state index in [2.05, 4.69) is 30.6 Å². The van der Waals surface area contributed by atoms with Gasteiger partial charge in [-0.1, -0.05) is 6.07 Å². The summed E-state index contributed by atoms with van der Waals surface area (Å²) in [5, 5.41) is 5.81. The molecule has 0 aliphatic carbocycles. The third-order valence-corrected chi connectivity index (χ3v) is 2.89. The Morgan fingerprint density at radius 2 is 2.10 bits per heavy atom. The van der Waals surface area contributed by atoms with Crippen LogP contribution in [0, 0.1) is 12.7 Å². The largest absolute Gasteiger partial charge is 0.357 e. The van der Waals surface area contributed by atoms with Crippen LogP contribution < -0.4 is 10.6 Å². The van der Waals surface area contributed by atoms with Crippen LogP contribution in [0.25, 0.3) is 11.2 Å². The van der Waals surface area contributed by atoms with Gasteiger partial charge >= 0.3 is 0 Å². The Kier molecular flexibility index (Phi) is 2.94. The standard InChI is InChI=1S/C13H13FN6/c1-7-3-4-9(8(14)5-7)18-12-10-11(17-6-16-10)19-13(15-2)20-12/h3-6H,1-2H3,(H3,15,16,17,18,19,20). The molecule has 20 heavy (non-hydrogen) atoms. The molecule has 0 amide bonds. The van der Waals surface area contributed by atoms with Crippen molar-refractivity contribution in [3.8, 4) is 0 Å². The van der Waals surface area contributed by atoms with Gasteiger partial charge in [0.2, 0.25) is 5.95 Å². The van der Waals surface area contributed by atoms with Crippen LogP contribution in [-0.4, -0.2) is 27.0 Å². The molecule has 2 aromatic heterocycles. The van der Waals surface area contributed by atoms with Gasteiger partial charge in [-0.25, -0.2) is 9.37 Å². The van der Waals surface area contributed by atoms with E-state index in [4.69, 9.17) is 0 Å². The van der Waals surface area contributed by atoms with Crippen LogP contribution in [0.4, 0.5) is 21.8 Å². The first-order chi connectivity index (χ1) is 9.67. The molecule has 7 heteroatoms. The molecule has 0 saturated heterocycles. The maximum atomic E-state index is 13.9. The van der Waals surface area contributed by atoms with Gasteiger partial charge < -0.3 is 15.6 Å². The van der Waals surface area contributed by atoms with Crippen molar-refractivity contribution in [3.05, 3.63) is 35.9 Å². The molecule has 0 aliphatic rings. The van der Waals surface area contributed by atoms with Crippen LogP contribution in [-0.2, 0) is 0 Å². The molecule has 3 aromatic rings. The van der Waals surface area contributed by atoms with Gasteiger partial charge in [-0.3, -0.25) is 0 Å². The summed E-state index contributed by atoms with van der Waals surface area (Å²) in [4.78, 5) is 15.5. The van der Waals surface area contributed by atoms with Crippen molar-refractivity contribution >= 4 is 28.6 Å². The van der Waals surface area contributed by atoms with Crippen LogP contribution in [0.15, 0.2) is 24.5 Å². The van der Waals surface area contributed by atoms with E-state index in [9.17, 15) is 4.39 Å². The molecular formula is C13H13FN6. The van der Waals surface area contributed by atoms with Gasteiger partial charge in [-0.05, 0) is 24.6 Å². The Labute approximate surface area is 114 Å². The first-order valence-electron chi connectivity index (χ1n) is 6.09. The molecule has 102 valence electrons. The highest BCUT2D eigenvalue weighted by molar-refractivity contribution is 5.86. The highest BCUT2D eigenvalue weighted by Gasteiger charge is 2.11. The number of halogens is 1. The fourth-order valence-electron chi connectivity index (χ4n) is 1.88. The number of aromatic nitrogens is 4. The Bertz CT molecular complexity index is 767. The molecule has 3 N–H and O–H groups in total. The summed E-state index contributed by atoms with van der Waals surface area (Å²) in [6.07, 6.45) is 1.52. The zero-order valence-electron chi connectivity index (χ0n) is 11.0. The van der Waals surface area contributed by atoms with Crippen molar-refractivity contribution in [3.63, 3.8) is 0 Å². The number of aryl methyl sites for hydroxylation is 1. The van der Waals surface area contributed by atoms with Gasteiger partial charge in [0.05, 0.1) is 12.0 Å². The van der Waals surface area contributed by atoms with Crippen molar-refractivity contribution in [2.75, 3.05) is 17.7 Å². The first-order valence-corrected chi connectivity index (χ1v) is 6.09. The molecule has 0 fully saturated rings. The SMILES string of the molecule is CNc1nc(Nc2ccc(C)cc2F)c2[nH]cnc2n1. The lowest BCUT2D eigenvalue weighted by atomic mass is 10.2. The van der Waals surface area contributed by atoms with Gasteiger partial charge in [-0.2, -0.15) is 9.97 Å². The predicted molar refractivity (Wildman–Crippen MR) is 75.7 cm³/mol. The Morgan fingerprint density at radius 1 is 1.25 bits per heavy atom. The average molecular weight is 272 g/mol. The van der Waals surface area contributed by atoms with Gasteiger partial charge in [0.1, 0.15) is 11.3 Å². The van der Waals surface area contributed by atoms with E-state index >= 15 is 0 Å². The molecule has 6 nitrogen and oxygen atoms in total. The number of aromatic amines is 1. The molecule has 0 aliphatic heterocycles. The first kappa shape index (κ1) is 12.3. The second-order valence-corrected chi connectivity index (χ2v) is 4.36. The van der Waals surface area contributed by atoms with Crippen molar-refractivity contribution in [1.82, 2.24) is 19.9 Å². The summed E-state index contributed by atoms with van der Waals surface area (Å²) in [6, 6.07) is 4.97. The highest BCUT2D eigenvalue weighted by Crippen LogP contribution is 2.24. The van der Waals surface area contributed by atoms with Crippen LogP contribution >= 0.6 is 0 Å². The van der Waals surface area contributed by atoms with Crippen molar-refractivity contribution in [2.24, 2.45) is 0 Å². The number of nitrogens with zero attached hydrogens (tertiary/aromatic N) is 3. The number of rotatable bonds is 3. The molecule has 0 bridgehead atoms. The van der Waals surface area contributed by atoms with Gasteiger partial charge in [0.25, 0.3) is 0 Å². The number of fused-ring (bicyclic) bond motifs is 1. The lowest BCUT2D eigenvalue weighted by molar-refractivity contribution is 0.630. The van der Waals surface area contributed by atoms with Crippen LogP contribution in [0.2, 0.25) is 0 Å². The maximum Gasteiger partial charge on any atom is 0.226 e. The van der Waals surface area contributed by atoms with Crippen LogP contribution in [0.3, 0.4) is 0 Å². The number of imidazole rings is 1. The summed E-state index contributed by atoms with van der Waals surface area (Å²) < 4.78 is 13.9. The smallest absolute Gasteiger partial charge is 0.226 e. The second-order valence-electron chi connectivity index (χ2n) is 4.36. The molecular weight excluding hydrogens is 259 g/mol. The normalized spacial score (nSPS) is 10.8. The Morgan fingerprint density at radius 3 is 2.85 bits per heavy atom. The zero-order valence-corrected chi connectivity index (χ0v) is 11.0. The van der Waals surface area contributed by atoms with E-state index in [1.165, 1.54) is 12.4 Å². The quantitative estimate of drug-likeness (QED) is 0.683. The van der Waals surface area contributed by atoms with E-state index in [0.29, 0.717) is 28.6 Å². The minimum atomic E-state index is -0.331. The Balaban J connectivity index is 2.07. The molecule has 0 saturated carbocycles. The third kappa shape index (κ3) is 2.13. The van der Waals surface area contributed by atoms with E-state index in [1.807, 2.05) is 13.0 Å². The van der Waals surface area contributed by atoms with Gasteiger partial charge in [0, 0.05) is 7.05 Å². The number of benzene rings is 1. The molecule has 1 aromatic carbocycles. The fraction of sp³-hybridized carbons (Fsp3) is 0.154. The van der Waals surface area contributed by atoms with Crippen LogP contribution in [0.1, 0.15) is 5.56 Å². The minimum absolute atomic E-state index is 0.331. The van der Waals surface area contributed by atoms with Crippen LogP contribution in [0.5, 0.6) is 0 Å². The lowest BCUT2D eigenvalue weighted by Gasteiger charge is -2.09. The average Bonchev–Trinajstić information content (AvgIpc) is 2.90. The fourth-order valence-corrected chi connectivity index (χ4v) is 1.88. The number of anilines is 3. The number of hydrogen-bond donors (Lipinski definition) is 3. The van der Waals surface area contributed by atoms with E-state index < -0.39 is 0 Å². The summed E-state index contributed by atoms with van der Waals surface area (Å²) in [5.74, 6) is 0.557. The van der Waals surface area contributed by atoms with Gasteiger partial charge in [-0.15, -0.1) is 0 Å². The highest BCUT2D eigenvalue weighted by atomic mass is 19.1. The predicted octanol–water partition coefficient (Wildman–Crippen LogP) is 2.59. The van der Waals surface area contributed by atoms with E-state index in [0.717, 1.165) is 5.56 Å². The Hall–Kier alpha value is -2.70. The summed E-state index contributed by atoms with van der Waals surface area (Å²) in [7, 11) is 1.71. The summed E-state index contributed by atoms with van der Waals surface area (Å²) in [6.45, 7) is 1.84. The number of hydrogen-bond acceptors (Lipinski definition) is 5.